The number of benzene rings is 2. The van der Waals surface area contributed by atoms with Crippen molar-refractivity contribution in [3.8, 4) is 29.0 Å². The molecule has 0 aliphatic carbocycles. The summed E-state index contributed by atoms with van der Waals surface area (Å²) in [5.74, 6) is 7.17. The van der Waals surface area contributed by atoms with E-state index in [2.05, 4.69) is 24.8 Å². The lowest BCUT2D eigenvalue weighted by atomic mass is 9.98. The molecule has 1 aromatic heterocycles. The van der Waals surface area contributed by atoms with Gasteiger partial charge in [0.2, 0.25) is 5.88 Å². The summed E-state index contributed by atoms with van der Waals surface area (Å²) in [5, 5.41) is 0. The van der Waals surface area contributed by atoms with Gasteiger partial charge in [-0.15, -0.1) is 0 Å². The second-order valence-corrected chi connectivity index (χ2v) is 7.19. The molecule has 0 bridgehead atoms. The maximum absolute atomic E-state index is 5.93. The molecule has 2 heteroatoms. The van der Waals surface area contributed by atoms with Gasteiger partial charge in [-0.2, -0.15) is 0 Å². The Morgan fingerprint density at radius 1 is 0.808 bits per heavy atom. The first kappa shape index (κ1) is 17.8. The third kappa shape index (κ3) is 4.52. The van der Waals surface area contributed by atoms with Crippen molar-refractivity contribution >= 4 is 0 Å². The fourth-order valence-corrected chi connectivity index (χ4v) is 2.70. The molecule has 0 radical (unpaired) electrons. The zero-order valence-electron chi connectivity index (χ0n) is 15.7. The van der Waals surface area contributed by atoms with E-state index in [0.717, 1.165) is 27.9 Å². The van der Waals surface area contributed by atoms with Crippen molar-refractivity contribution in [3.05, 3.63) is 83.4 Å². The highest BCUT2D eigenvalue weighted by Crippen LogP contribution is 2.28. The van der Waals surface area contributed by atoms with Crippen LogP contribution in [0.2, 0.25) is 0 Å². The molecule has 2 nitrogen and oxygen atoms in total. The number of pyridine rings is 1. The van der Waals surface area contributed by atoms with Gasteiger partial charge in [-0.1, -0.05) is 48.2 Å². The highest BCUT2D eigenvalue weighted by Gasteiger charge is 2.14. The molecule has 0 aliphatic rings. The van der Waals surface area contributed by atoms with E-state index >= 15 is 0 Å². The maximum atomic E-state index is 5.93. The Balaban J connectivity index is 2.04. The van der Waals surface area contributed by atoms with Crippen LogP contribution in [0.3, 0.4) is 0 Å². The minimum absolute atomic E-state index is 0.284. The quantitative estimate of drug-likeness (QED) is 0.563. The molecular formula is C24H23NO. The van der Waals surface area contributed by atoms with Crippen molar-refractivity contribution < 1.29 is 4.74 Å². The molecular weight excluding hydrogens is 318 g/mol. The molecule has 0 fully saturated rings. The average Bonchev–Trinajstić information content (AvgIpc) is 2.59. The van der Waals surface area contributed by atoms with E-state index in [1.165, 1.54) is 0 Å². The number of hydrogen-bond acceptors (Lipinski definition) is 2. The number of ether oxygens (including phenoxy) is 1. The van der Waals surface area contributed by atoms with E-state index < -0.39 is 0 Å². The minimum Gasteiger partial charge on any atom is -0.472 e. The van der Waals surface area contributed by atoms with E-state index in [9.17, 15) is 0 Å². The topological polar surface area (TPSA) is 22.1 Å². The first-order valence-corrected chi connectivity index (χ1v) is 8.75. The predicted octanol–water partition coefficient (Wildman–Crippen LogP) is 5.63. The Morgan fingerprint density at radius 2 is 1.54 bits per heavy atom. The van der Waals surface area contributed by atoms with Gasteiger partial charge in [-0.25, -0.2) is 4.98 Å². The monoisotopic (exact) mass is 341 g/mol. The van der Waals surface area contributed by atoms with Crippen molar-refractivity contribution in [3.63, 3.8) is 0 Å². The number of aromatic nitrogens is 1. The Kier molecular flexibility index (Phi) is 5.09. The smallest absolute Gasteiger partial charge is 0.214 e. The van der Waals surface area contributed by atoms with E-state index in [0.29, 0.717) is 5.88 Å². The summed E-state index contributed by atoms with van der Waals surface area (Å²) in [6.45, 7) is 8.14. The molecule has 0 spiro atoms. The van der Waals surface area contributed by atoms with Gasteiger partial charge in [0.25, 0.3) is 0 Å². The Labute approximate surface area is 155 Å². The molecule has 0 aliphatic heterocycles. The van der Waals surface area contributed by atoms with Crippen LogP contribution in [0.15, 0.2) is 66.7 Å². The van der Waals surface area contributed by atoms with Gasteiger partial charge >= 0.3 is 0 Å². The molecule has 3 aromatic rings. The Hall–Kier alpha value is -3.05. The number of hydrogen-bond donors (Lipinski definition) is 0. The average molecular weight is 341 g/mol. The van der Waals surface area contributed by atoms with Crippen molar-refractivity contribution in [1.82, 2.24) is 4.98 Å². The summed E-state index contributed by atoms with van der Waals surface area (Å²) >= 11 is 0. The fourth-order valence-electron chi connectivity index (χ4n) is 2.70. The second kappa shape index (κ2) is 7.45. The molecule has 0 atom stereocenters. The maximum Gasteiger partial charge on any atom is 0.214 e. The summed E-state index contributed by atoms with van der Waals surface area (Å²) in [4.78, 5) is 4.71. The molecule has 2 aromatic carbocycles. The van der Waals surface area contributed by atoms with E-state index in [1.54, 1.807) is 0 Å². The molecule has 3 rings (SSSR count). The largest absolute Gasteiger partial charge is 0.472 e. The van der Waals surface area contributed by atoms with Crippen LogP contribution >= 0.6 is 0 Å². The fraction of sp³-hybridized carbons (Fsp3) is 0.208. The number of nitrogens with zero attached hydrogens (tertiary/aromatic N) is 1. The van der Waals surface area contributed by atoms with Crippen molar-refractivity contribution in [2.24, 2.45) is 0 Å². The standard InChI is InChI=1S/C24H23NO/c1-18-10-8-13-20(17-16-19-11-6-5-7-12-19)23(18)21-14-9-15-22(25-21)26-24(2,3)4/h5-15H,1-4H3. The Bertz CT molecular complexity index is 957. The highest BCUT2D eigenvalue weighted by atomic mass is 16.5. The van der Waals surface area contributed by atoms with Crippen LogP contribution < -0.4 is 4.74 Å². The molecule has 0 amide bonds. The first-order valence-electron chi connectivity index (χ1n) is 8.75. The van der Waals surface area contributed by atoms with Crippen LogP contribution in [0.4, 0.5) is 0 Å². The lowest BCUT2D eigenvalue weighted by Gasteiger charge is -2.20. The molecule has 0 saturated carbocycles. The van der Waals surface area contributed by atoms with Crippen molar-refractivity contribution in [2.45, 2.75) is 33.3 Å². The van der Waals surface area contributed by atoms with Crippen LogP contribution in [0, 0.1) is 18.8 Å². The van der Waals surface area contributed by atoms with Crippen LogP contribution in [0.25, 0.3) is 11.3 Å². The summed E-state index contributed by atoms with van der Waals surface area (Å²) in [7, 11) is 0. The van der Waals surface area contributed by atoms with Gasteiger partial charge in [-0.3, -0.25) is 0 Å². The van der Waals surface area contributed by atoms with E-state index in [1.807, 2.05) is 81.4 Å². The molecule has 0 unspecified atom stereocenters. The second-order valence-electron chi connectivity index (χ2n) is 7.19. The van der Waals surface area contributed by atoms with Crippen LogP contribution in [-0.2, 0) is 0 Å². The van der Waals surface area contributed by atoms with Gasteiger partial charge in [-0.05, 0) is 57.5 Å². The van der Waals surface area contributed by atoms with Crippen LogP contribution in [0.1, 0.15) is 37.5 Å². The first-order chi connectivity index (χ1) is 12.4. The van der Waals surface area contributed by atoms with E-state index in [4.69, 9.17) is 9.72 Å². The molecule has 26 heavy (non-hydrogen) atoms. The summed E-state index contributed by atoms with van der Waals surface area (Å²) in [6, 6.07) is 22.0. The Morgan fingerprint density at radius 3 is 2.27 bits per heavy atom. The SMILES string of the molecule is Cc1cccc(C#Cc2ccccc2)c1-c1cccc(OC(C)(C)C)n1. The van der Waals surface area contributed by atoms with Crippen LogP contribution in [-0.4, -0.2) is 10.6 Å². The molecule has 0 N–H and O–H groups in total. The van der Waals surface area contributed by atoms with Gasteiger partial charge in [0.1, 0.15) is 5.60 Å². The number of aryl methyl sites for hydroxylation is 1. The van der Waals surface area contributed by atoms with Gasteiger partial charge < -0.3 is 4.74 Å². The third-order valence-corrected chi connectivity index (χ3v) is 3.78. The summed E-state index contributed by atoms with van der Waals surface area (Å²) < 4.78 is 5.93. The molecule has 130 valence electrons. The highest BCUT2D eigenvalue weighted by molar-refractivity contribution is 5.72. The summed E-state index contributed by atoms with van der Waals surface area (Å²) in [6.07, 6.45) is 0. The van der Waals surface area contributed by atoms with Crippen molar-refractivity contribution in [1.29, 1.82) is 0 Å². The van der Waals surface area contributed by atoms with Gasteiger partial charge in [0.05, 0.1) is 5.69 Å². The molecule has 1 heterocycles. The van der Waals surface area contributed by atoms with Crippen LogP contribution in [0.5, 0.6) is 5.88 Å². The minimum atomic E-state index is -0.284. The van der Waals surface area contributed by atoms with Gasteiger partial charge in [0.15, 0.2) is 0 Å². The lowest BCUT2D eigenvalue weighted by Crippen LogP contribution is -2.23. The predicted molar refractivity (Wildman–Crippen MR) is 107 cm³/mol. The zero-order valence-corrected chi connectivity index (χ0v) is 15.7. The zero-order chi connectivity index (χ0) is 18.6. The normalized spacial score (nSPS) is 10.8. The van der Waals surface area contributed by atoms with E-state index in [-0.39, 0.29) is 5.60 Å². The summed E-state index contributed by atoms with van der Waals surface area (Å²) in [5.41, 5.74) is 4.75. The lowest BCUT2D eigenvalue weighted by molar-refractivity contribution is 0.124. The number of rotatable bonds is 2. The molecule has 0 saturated heterocycles. The van der Waals surface area contributed by atoms with Crippen molar-refractivity contribution in [2.75, 3.05) is 0 Å². The third-order valence-electron chi connectivity index (χ3n) is 3.78. The van der Waals surface area contributed by atoms with Gasteiger partial charge in [0, 0.05) is 22.8 Å².